The SMILES string of the molecule is CCC[C@H](CCOCc1ccccc1)Oc1nc(N(Cc2ccc(OC)cc2)Cc2ccc(OC)cc2)c2ncc(C(O)c3ccc(OCCN(C)C(=O)OC(C)(C)C)cc3Cl)n2n1. The molecular formula is C49H59ClN6O8. The third-order valence-corrected chi connectivity index (χ3v) is 10.6. The summed E-state index contributed by atoms with van der Waals surface area (Å²) in [6.45, 7) is 9.90. The van der Waals surface area contributed by atoms with Gasteiger partial charge < -0.3 is 43.3 Å². The smallest absolute Gasteiger partial charge is 0.410 e. The van der Waals surface area contributed by atoms with Crippen LogP contribution in [0.15, 0.2) is 103 Å². The number of rotatable bonds is 22. The molecule has 64 heavy (non-hydrogen) atoms. The van der Waals surface area contributed by atoms with Crippen molar-refractivity contribution in [2.75, 3.05) is 45.9 Å². The van der Waals surface area contributed by atoms with Gasteiger partial charge in [-0.2, -0.15) is 4.98 Å². The maximum Gasteiger partial charge on any atom is 0.410 e. The van der Waals surface area contributed by atoms with Gasteiger partial charge in [0.2, 0.25) is 0 Å². The first-order valence-corrected chi connectivity index (χ1v) is 21.8. The molecule has 14 nitrogen and oxygen atoms in total. The van der Waals surface area contributed by atoms with Crippen LogP contribution in [0.4, 0.5) is 10.6 Å². The predicted molar refractivity (Wildman–Crippen MR) is 247 cm³/mol. The highest BCUT2D eigenvalue weighted by Gasteiger charge is 2.26. The van der Waals surface area contributed by atoms with Gasteiger partial charge in [-0.15, -0.1) is 5.10 Å². The van der Waals surface area contributed by atoms with Crippen LogP contribution in [0.25, 0.3) is 5.65 Å². The van der Waals surface area contributed by atoms with E-state index in [1.807, 2.05) is 99.6 Å². The average molecular weight is 895 g/mol. The molecule has 1 N–H and O–H groups in total. The van der Waals surface area contributed by atoms with Crippen molar-refractivity contribution in [3.8, 4) is 23.3 Å². The number of carbonyl (C=O) groups excluding carboxylic acids is 1. The number of hydrogen-bond acceptors (Lipinski definition) is 12. The molecule has 2 atom stereocenters. The molecule has 0 saturated carbocycles. The quantitative estimate of drug-likeness (QED) is 0.0649. The highest BCUT2D eigenvalue weighted by atomic mass is 35.5. The molecular weight excluding hydrogens is 836 g/mol. The molecule has 2 aromatic heterocycles. The number of methoxy groups -OCH3 is 2. The van der Waals surface area contributed by atoms with Gasteiger partial charge in [-0.25, -0.2) is 14.3 Å². The summed E-state index contributed by atoms with van der Waals surface area (Å²) in [5, 5.41) is 17.2. The number of nitrogens with zero attached hydrogens (tertiary/aromatic N) is 6. The summed E-state index contributed by atoms with van der Waals surface area (Å²) in [5.41, 5.74) is 3.67. The van der Waals surface area contributed by atoms with E-state index in [4.69, 9.17) is 55.1 Å². The number of aliphatic hydroxyl groups excluding tert-OH is 1. The maximum atomic E-state index is 12.4. The third-order valence-electron chi connectivity index (χ3n) is 10.2. The van der Waals surface area contributed by atoms with E-state index in [9.17, 15) is 9.90 Å². The van der Waals surface area contributed by atoms with Crippen LogP contribution in [0.2, 0.25) is 5.02 Å². The Hall–Kier alpha value is -6.09. The number of fused-ring (bicyclic) bond motifs is 1. The predicted octanol–water partition coefficient (Wildman–Crippen LogP) is 9.48. The Bertz CT molecular complexity index is 2340. The van der Waals surface area contributed by atoms with Crippen molar-refractivity contribution in [2.45, 2.75) is 84.5 Å². The third kappa shape index (κ3) is 13.2. The first-order valence-electron chi connectivity index (χ1n) is 21.4. The molecule has 6 rings (SSSR count). The van der Waals surface area contributed by atoms with Crippen LogP contribution in [0.3, 0.4) is 0 Å². The summed E-state index contributed by atoms with van der Waals surface area (Å²) in [6, 6.07) is 31.0. The Morgan fingerprint density at radius 2 is 1.48 bits per heavy atom. The zero-order chi connectivity index (χ0) is 45.6. The molecule has 0 aliphatic heterocycles. The van der Waals surface area contributed by atoms with E-state index >= 15 is 0 Å². The maximum absolute atomic E-state index is 12.4. The summed E-state index contributed by atoms with van der Waals surface area (Å²) in [6.07, 6.45) is 1.85. The molecule has 0 saturated heterocycles. The van der Waals surface area contributed by atoms with E-state index in [0.717, 1.165) is 41.0 Å². The first kappa shape index (κ1) is 47.4. The minimum Gasteiger partial charge on any atom is -0.497 e. The molecule has 0 fully saturated rings. The Kier molecular flexibility index (Phi) is 16.7. The van der Waals surface area contributed by atoms with Crippen molar-refractivity contribution < 1.29 is 38.3 Å². The van der Waals surface area contributed by atoms with Crippen LogP contribution in [-0.2, 0) is 29.2 Å². The Labute approximate surface area is 380 Å². The second-order valence-corrected chi connectivity index (χ2v) is 16.8. The Balaban J connectivity index is 1.32. The highest BCUT2D eigenvalue weighted by Crippen LogP contribution is 2.34. The number of benzene rings is 4. The van der Waals surface area contributed by atoms with Crippen LogP contribution in [0.5, 0.6) is 23.3 Å². The summed E-state index contributed by atoms with van der Waals surface area (Å²) < 4.78 is 36.5. The van der Waals surface area contributed by atoms with Crippen molar-refractivity contribution in [3.63, 3.8) is 0 Å². The fourth-order valence-corrected chi connectivity index (χ4v) is 7.12. The molecule has 0 bridgehead atoms. The lowest BCUT2D eigenvalue weighted by atomic mass is 10.1. The van der Waals surface area contributed by atoms with E-state index in [1.165, 1.54) is 4.90 Å². The number of anilines is 1. The van der Waals surface area contributed by atoms with E-state index in [2.05, 4.69) is 11.8 Å². The van der Waals surface area contributed by atoms with Gasteiger partial charge in [-0.05, 0) is 80.3 Å². The van der Waals surface area contributed by atoms with Gasteiger partial charge >= 0.3 is 12.1 Å². The van der Waals surface area contributed by atoms with Crippen molar-refractivity contribution >= 4 is 29.2 Å². The highest BCUT2D eigenvalue weighted by molar-refractivity contribution is 6.31. The molecule has 0 radical (unpaired) electrons. The molecule has 6 aromatic rings. The molecule has 0 aliphatic rings. The fraction of sp³-hybridized carbons (Fsp3) is 0.388. The number of hydrogen-bond donors (Lipinski definition) is 1. The van der Waals surface area contributed by atoms with Crippen LogP contribution in [-0.4, -0.2) is 88.4 Å². The van der Waals surface area contributed by atoms with Gasteiger partial charge in [-0.3, -0.25) is 0 Å². The largest absolute Gasteiger partial charge is 0.497 e. The number of carbonyl (C=O) groups is 1. The monoisotopic (exact) mass is 894 g/mol. The number of ether oxygens (including phenoxy) is 6. The molecule has 340 valence electrons. The fourth-order valence-electron chi connectivity index (χ4n) is 6.84. The molecule has 0 spiro atoms. The van der Waals surface area contributed by atoms with Gasteiger partial charge in [0.05, 0.1) is 50.9 Å². The minimum absolute atomic E-state index is 0.121. The van der Waals surface area contributed by atoms with Crippen LogP contribution >= 0.6 is 11.6 Å². The van der Waals surface area contributed by atoms with Crippen molar-refractivity contribution in [3.05, 3.63) is 136 Å². The van der Waals surface area contributed by atoms with Gasteiger partial charge in [0.25, 0.3) is 0 Å². The van der Waals surface area contributed by atoms with Crippen molar-refractivity contribution in [1.82, 2.24) is 24.5 Å². The topological polar surface area (TPSA) is 142 Å². The van der Waals surface area contributed by atoms with Crippen molar-refractivity contribution in [2.24, 2.45) is 0 Å². The Morgan fingerprint density at radius 1 is 0.844 bits per heavy atom. The number of halogens is 1. The summed E-state index contributed by atoms with van der Waals surface area (Å²) in [5.74, 6) is 2.46. The molecule has 2 heterocycles. The first-order chi connectivity index (χ1) is 30.8. The lowest BCUT2D eigenvalue weighted by Crippen LogP contribution is -2.36. The van der Waals surface area contributed by atoms with Crippen LogP contribution < -0.4 is 23.8 Å². The number of imidazole rings is 1. The second-order valence-electron chi connectivity index (χ2n) is 16.4. The van der Waals surface area contributed by atoms with E-state index in [1.54, 1.807) is 50.2 Å². The zero-order valence-electron chi connectivity index (χ0n) is 37.7. The molecule has 1 amide bonds. The second kappa shape index (κ2) is 22.5. The number of amides is 1. The van der Waals surface area contributed by atoms with E-state index < -0.39 is 17.8 Å². The van der Waals surface area contributed by atoms with Crippen LogP contribution in [0.1, 0.15) is 81.0 Å². The normalized spacial score (nSPS) is 12.4. The molecule has 15 heteroatoms. The van der Waals surface area contributed by atoms with Crippen LogP contribution in [0, 0.1) is 0 Å². The summed E-state index contributed by atoms with van der Waals surface area (Å²) in [7, 11) is 4.93. The van der Waals surface area contributed by atoms with Gasteiger partial charge in [-0.1, -0.05) is 85.6 Å². The molecule has 4 aromatic carbocycles. The lowest BCUT2D eigenvalue weighted by Gasteiger charge is -2.26. The molecule has 0 aliphatic carbocycles. The summed E-state index contributed by atoms with van der Waals surface area (Å²) in [4.78, 5) is 25.8. The number of aromatic nitrogens is 4. The zero-order valence-corrected chi connectivity index (χ0v) is 38.5. The van der Waals surface area contributed by atoms with E-state index in [-0.39, 0.29) is 23.7 Å². The molecule has 1 unspecified atom stereocenters. The van der Waals surface area contributed by atoms with Crippen molar-refractivity contribution in [1.29, 1.82) is 0 Å². The van der Waals surface area contributed by atoms with Gasteiger partial charge in [0, 0.05) is 32.1 Å². The minimum atomic E-state index is -1.25. The Morgan fingerprint density at radius 3 is 2.08 bits per heavy atom. The standard InChI is InChI=1S/C49H59ClN6O8/c1-8-12-39(25-27-61-33-36-13-10-9-11-14-36)63-47-52-46(55(31-34-15-19-37(59-6)20-16-34)32-35-17-21-38(60-7)22-18-35)45-51-30-43(56(45)53-47)44(57)41-24-23-40(29-42(41)50)62-28-26-54(5)48(58)64-49(2,3)4/h9-11,13-24,29-30,39,44,57H,8,12,25-28,31-33H2,1-7H3/t39-,44?/m1/s1. The number of aliphatic hydroxyl groups is 1. The summed E-state index contributed by atoms with van der Waals surface area (Å²) >= 11 is 6.85. The lowest BCUT2D eigenvalue weighted by molar-refractivity contribution is 0.0278. The van der Waals surface area contributed by atoms with Gasteiger partial charge in [0.1, 0.15) is 41.7 Å². The van der Waals surface area contributed by atoms with E-state index in [0.29, 0.717) is 67.7 Å². The van der Waals surface area contributed by atoms with Gasteiger partial charge in [0.15, 0.2) is 11.5 Å². The average Bonchev–Trinajstić information content (AvgIpc) is 3.71. The number of likely N-dealkylation sites (N-methyl/N-ethyl adjacent to an activating group) is 1.